The highest BCUT2D eigenvalue weighted by atomic mass is 16.4. The standard InChI is InChI=1S/C25H32N2O4/c1-17(2)21(23(29)30)26-22(28)20-13-9-12-19(14-20)16-27(24(31)25(3,4)5)15-18-10-7-6-8-11-18/h6-14,17,21H,15-16H2,1-5H3,(H,26,28)(H,29,30)/t21-/m0/s1. The summed E-state index contributed by atoms with van der Waals surface area (Å²) in [7, 11) is 0. The molecule has 0 aromatic heterocycles. The van der Waals surface area contributed by atoms with Gasteiger partial charge in [-0.25, -0.2) is 4.79 Å². The van der Waals surface area contributed by atoms with E-state index in [1.54, 1.807) is 36.9 Å². The van der Waals surface area contributed by atoms with E-state index in [0.717, 1.165) is 11.1 Å². The molecule has 2 aromatic carbocycles. The van der Waals surface area contributed by atoms with E-state index in [4.69, 9.17) is 0 Å². The van der Waals surface area contributed by atoms with E-state index in [2.05, 4.69) is 5.32 Å². The van der Waals surface area contributed by atoms with Gasteiger partial charge in [-0.3, -0.25) is 9.59 Å². The number of carbonyl (C=O) groups is 3. The molecule has 0 radical (unpaired) electrons. The Labute approximate surface area is 184 Å². The lowest BCUT2D eigenvalue weighted by Crippen LogP contribution is -2.44. The fraction of sp³-hybridized carbons (Fsp3) is 0.400. The predicted octanol–water partition coefficient (Wildman–Crippen LogP) is 4.10. The third-order valence-electron chi connectivity index (χ3n) is 4.93. The lowest BCUT2D eigenvalue weighted by Gasteiger charge is -2.30. The minimum absolute atomic E-state index is 0.0111. The zero-order valence-electron chi connectivity index (χ0n) is 18.9. The van der Waals surface area contributed by atoms with Crippen LogP contribution in [-0.4, -0.2) is 33.8 Å². The van der Waals surface area contributed by atoms with E-state index in [0.29, 0.717) is 18.7 Å². The van der Waals surface area contributed by atoms with Gasteiger partial charge in [0.2, 0.25) is 5.91 Å². The fourth-order valence-corrected chi connectivity index (χ4v) is 3.25. The number of nitrogens with one attached hydrogen (secondary N) is 1. The zero-order valence-corrected chi connectivity index (χ0v) is 18.9. The molecule has 166 valence electrons. The largest absolute Gasteiger partial charge is 0.480 e. The Balaban J connectivity index is 2.24. The van der Waals surface area contributed by atoms with Crippen molar-refractivity contribution in [3.8, 4) is 0 Å². The number of hydrogen-bond acceptors (Lipinski definition) is 3. The molecule has 0 heterocycles. The van der Waals surface area contributed by atoms with Crippen LogP contribution in [0.4, 0.5) is 0 Å². The Morgan fingerprint density at radius 2 is 1.52 bits per heavy atom. The molecule has 0 saturated carbocycles. The summed E-state index contributed by atoms with van der Waals surface area (Å²) in [6.45, 7) is 9.95. The van der Waals surface area contributed by atoms with Crippen molar-refractivity contribution in [1.82, 2.24) is 10.2 Å². The number of rotatable bonds is 8. The smallest absolute Gasteiger partial charge is 0.326 e. The second kappa shape index (κ2) is 10.2. The van der Waals surface area contributed by atoms with E-state index in [9.17, 15) is 19.5 Å². The van der Waals surface area contributed by atoms with Crippen LogP contribution in [0, 0.1) is 11.3 Å². The molecule has 2 aromatic rings. The summed E-state index contributed by atoms with van der Waals surface area (Å²) in [6, 6.07) is 15.8. The van der Waals surface area contributed by atoms with Crippen LogP contribution in [0.3, 0.4) is 0 Å². The van der Waals surface area contributed by atoms with Crippen molar-refractivity contribution in [2.75, 3.05) is 0 Å². The van der Waals surface area contributed by atoms with Gasteiger partial charge in [-0.05, 0) is 29.2 Å². The number of carboxylic acid groups (broad SMARTS) is 1. The van der Waals surface area contributed by atoms with Crippen LogP contribution in [0.1, 0.15) is 56.1 Å². The summed E-state index contributed by atoms with van der Waals surface area (Å²) in [5.41, 5.74) is 1.65. The van der Waals surface area contributed by atoms with Gasteiger partial charge in [0.05, 0.1) is 0 Å². The Morgan fingerprint density at radius 3 is 2.06 bits per heavy atom. The van der Waals surface area contributed by atoms with Crippen molar-refractivity contribution >= 4 is 17.8 Å². The van der Waals surface area contributed by atoms with Gasteiger partial charge < -0.3 is 15.3 Å². The van der Waals surface area contributed by atoms with Gasteiger partial charge in [0, 0.05) is 24.1 Å². The molecule has 0 fully saturated rings. The van der Waals surface area contributed by atoms with Crippen LogP contribution in [0.5, 0.6) is 0 Å². The van der Waals surface area contributed by atoms with Crippen molar-refractivity contribution in [2.45, 2.75) is 53.8 Å². The van der Waals surface area contributed by atoms with Gasteiger partial charge in [-0.2, -0.15) is 0 Å². The van der Waals surface area contributed by atoms with Crippen molar-refractivity contribution in [2.24, 2.45) is 11.3 Å². The Bertz CT molecular complexity index is 917. The summed E-state index contributed by atoms with van der Waals surface area (Å²) < 4.78 is 0. The molecule has 6 heteroatoms. The highest BCUT2D eigenvalue weighted by Gasteiger charge is 2.28. The van der Waals surface area contributed by atoms with Crippen molar-refractivity contribution in [3.05, 3.63) is 71.3 Å². The molecular formula is C25H32N2O4. The Morgan fingerprint density at radius 1 is 0.935 bits per heavy atom. The highest BCUT2D eigenvalue weighted by molar-refractivity contribution is 5.96. The van der Waals surface area contributed by atoms with E-state index in [1.807, 2.05) is 57.2 Å². The molecule has 6 nitrogen and oxygen atoms in total. The summed E-state index contributed by atoms with van der Waals surface area (Å²) >= 11 is 0. The zero-order chi connectivity index (χ0) is 23.2. The first-order valence-corrected chi connectivity index (χ1v) is 10.4. The SMILES string of the molecule is CC(C)[C@H](NC(=O)c1cccc(CN(Cc2ccccc2)C(=O)C(C)(C)C)c1)C(=O)O. The van der Waals surface area contributed by atoms with Crippen LogP contribution >= 0.6 is 0 Å². The molecule has 0 aliphatic heterocycles. The quantitative estimate of drug-likeness (QED) is 0.668. The van der Waals surface area contributed by atoms with Gasteiger partial charge in [0.15, 0.2) is 0 Å². The predicted molar refractivity (Wildman–Crippen MR) is 120 cm³/mol. The normalized spacial score (nSPS) is 12.3. The Kier molecular flexibility index (Phi) is 7.97. The van der Waals surface area contributed by atoms with E-state index >= 15 is 0 Å². The second-order valence-corrected chi connectivity index (χ2v) is 9.13. The second-order valence-electron chi connectivity index (χ2n) is 9.13. The van der Waals surface area contributed by atoms with E-state index < -0.39 is 23.3 Å². The number of benzene rings is 2. The minimum Gasteiger partial charge on any atom is -0.480 e. The number of aliphatic carboxylic acids is 1. The monoisotopic (exact) mass is 424 g/mol. The van der Waals surface area contributed by atoms with Crippen LogP contribution in [0.25, 0.3) is 0 Å². The molecule has 2 N–H and O–H groups in total. The van der Waals surface area contributed by atoms with E-state index in [-0.39, 0.29) is 11.8 Å². The molecule has 0 saturated heterocycles. The Hall–Kier alpha value is -3.15. The maximum Gasteiger partial charge on any atom is 0.326 e. The maximum absolute atomic E-state index is 13.1. The molecule has 0 spiro atoms. The molecular weight excluding hydrogens is 392 g/mol. The first-order valence-electron chi connectivity index (χ1n) is 10.4. The minimum atomic E-state index is -1.07. The molecule has 0 aliphatic rings. The third kappa shape index (κ3) is 6.95. The molecule has 1 atom stereocenters. The van der Waals surface area contributed by atoms with Crippen LogP contribution in [-0.2, 0) is 22.7 Å². The number of carbonyl (C=O) groups excluding carboxylic acids is 2. The van der Waals surface area contributed by atoms with Gasteiger partial charge in [0.25, 0.3) is 5.91 Å². The average molecular weight is 425 g/mol. The molecule has 0 aliphatic carbocycles. The molecule has 0 bridgehead atoms. The summed E-state index contributed by atoms with van der Waals surface area (Å²) in [5.74, 6) is -1.74. The highest BCUT2D eigenvalue weighted by Crippen LogP contribution is 2.22. The van der Waals surface area contributed by atoms with Crippen molar-refractivity contribution in [3.63, 3.8) is 0 Å². The lowest BCUT2D eigenvalue weighted by atomic mass is 9.94. The maximum atomic E-state index is 13.1. The van der Waals surface area contributed by atoms with Gasteiger partial charge in [0.1, 0.15) is 6.04 Å². The molecule has 31 heavy (non-hydrogen) atoms. The van der Waals surface area contributed by atoms with Gasteiger partial charge in [-0.1, -0.05) is 77.1 Å². The van der Waals surface area contributed by atoms with Crippen molar-refractivity contribution < 1.29 is 19.5 Å². The van der Waals surface area contributed by atoms with Crippen molar-refractivity contribution in [1.29, 1.82) is 0 Å². The topological polar surface area (TPSA) is 86.7 Å². The summed E-state index contributed by atoms with van der Waals surface area (Å²) in [4.78, 5) is 38.9. The summed E-state index contributed by atoms with van der Waals surface area (Å²) in [5, 5.41) is 11.9. The van der Waals surface area contributed by atoms with Gasteiger partial charge >= 0.3 is 5.97 Å². The summed E-state index contributed by atoms with van der Waals surface area (Å²) in [6.07, 6.45) is 0. The lowest BCUT2D eigenvalue weighted by molar-refractivity contribution is -0.141. The number of carboxylic acids is 1. The van der Waals surface area contributed by atoms with Gasteiger partial charge in [-0.15, -0.1) is 0 Å². The first-order chi connectivity index (χ1) is 14.5. The van der Waals surface area contributed by atoms with Crippen LogP contribution in [0.15, 0.2) is 54.6 Å². The molecule has 2 amide bonds. The molecule has 2 rings (SSSR count). The molecule has 0 unspecified atom stereocenters. The van der Waals surface area contributed by atoms with E-state index in [1.165, 1.54) is 0 Å². The number of amides is 2. The fourth-order valence-electron chi connectivity index (χ4n) is 3.25. The number of nitrogens with zero attached hydrogens (tertiary/aromatic N) is 1. The van der Waals surface area contributed by atoms with Crippen LogP contribution in [0.2, 0.25) is 0 Å². The first kappa shape index (κ1) is 24.1. The average Bonchev–Trinajstić information content (AvgIpc) is 2.70. The number of hydrogen-bond donors (Lipinski definition) is 2. The third-order valence-corrected chi connectivity index (χ3v) is 4.93. The van der Waals surface area contributed by atoms with Crippen LogP contribution < -0.4 is 5.32 Å².